The normalized spacial score (nSPS) is 19.2. The molecule has 2 saturated carbocycles. The van der Waals surface area contributed by atoms with Crippen LogP contribution in [-0.4, -0.2) is 48.7 Å². The molecule has 0 aliphatic heterocycles. The molecule has 0 aromatic heterocycles. The monoisotopic (exact) mass is 498 g/mol. The van der Waals surface area contributed by atoms with E-state index in [1.165, 1.54) is 18.2 Å². The third-order valence-electron chi connectivity index (χ3n) is 6.50. The van der Waals surface area contributed by atoms with Crippen LogP contribution in [0.2, 0.25) is 0 Å². The quantitative estimate of drug-likeness (QED) is 0.406. The molecule has 0 unspecified atom stereocenters. The summed E-state index contributed by atoms with van der Waals surface area (Å²) in [7, 11) is 0. The van der Waals surface area contributed by atoms with Crippen molar-refractivity contribution in [3.05, 3.63) is 59.4 Å². The van der Waals surface area contributed by atoms with Crippen molar-refractivity contribution in [2.24, 2.45) is 11.8 Å². The predicted octanol–water partition coefficient (Wildman–Crippen LogP) is 3.80. The minimum Gasteiger partial charge on any atom is -0.490 e. The Morgan fingerprint density at radius 2 is 1.47 bits per heavy atom. The highest BCUT2D eigenvalue weighted by Gasteiger charge is 2.27. The summed E-state index contributed by atoms with van der Waals surface area (Å²) in [6.07, 6.45) is 4.74. The summed E-state index contributed by atoms with van der Waals surface area (Å²) in [5, 5.41) is 14.5. The first-order chi connectivity index (χ1) is 17.4. The number of hydrogen-bond donors (Lipinski definition) is 3. The second kappa shape index (κ2) is 11.9. The first kappa shape index (κ1) is 25.5. The van der Waals surface area contributed by atoms with Crippen molar-refractivity contribution >= 4 is 17.8 Å². The number of rotatable bonds is 11. The average Bonchev–Trinajstić information content (AvgIpc) is 3.71. The Morgan fingerprint density at radius 1 is 0.861 bits per heavy atom. The number of nitrogens with one attached hydrogen (secondary N) is 2. The van der Waals surface area contributed by atoms with Crippen LogP contribution in [0.15, 0.2) is 42.5 Å². The highest BCUT2D eigenvalue weighted by Crippen LogP contribution is 2.30. The van der Waals surface area contributed by atoms with Crippen LogP contribution in [0.25, 0.3) is 0 Å². The zero-order valence-corrected chi connectivity index (χ0v) is 20.0. The lowest BCUT2D eigenvalue weighted by molar-refractivity contribution is -0.143. The number of benzene rings is 2. The van der Waals surface area contributed by atoms with Gasteiger partial charge in [-0.15, -0.1) is 0 Å². The molecule has 0 heterocycles. The van der Waals surface area contributed by atoms with Gasteiger partial charge in [-0.25, -0.2) is 4.39 Å². The molecular formula is C27H31FN2O6. The molecule has 4 rings (SSSR count). The van der Waals surface area contributed by atoms with Gasteiger partial charge in [0.1, 0.15) is 5.75 Å². The van der Waals surface area contributed by atoms with Crippen molar-refractivity contribution in [2.45, 2.75) is 44.6 Å². The van der Waals surface area contributed by atoms with Gasteiger partial charge in [-0.05, 0) is 86.9 Å². The van der Waals surface area contributed by atoms with Gasteiger partial charge < -0.3 is 25.2 Å². The highest BCUT2D eigenvalue weighted by molar-refractivity contribution is 5.95. The summed E-state index contributed by atoms with van der Waals surface area (Å²) in [5.41, 5.74) is 0.750. The van der Waals surface area contributed by atoms with Crippen LogP contribution in [0.4, 0.5) is 4.39 Å². The van der Waals surface area contributed by atoms with Crippen LogP contribution < -0.4 is 20.1 Å². The van der Waals surface area contributed by atoms with E-state index in [9.17, 15) is 18.8 Å². The lowest BCUT2D eigenvalue weighted by Gasteiger charge is -2.26. The molecule has 0 atom stereocenters. The van der Waals surface area contributed by atoms with Crippen LogP contribution in [0.5, 0.6) is 11.5 Å². The second-order valence-corrected chi connectivity index (χ2v) is 9.37. The Kier molecular flexibility index (Phi) is 8.40. The molecule has 2 aromatic carbocycles. The number of aliphatic carboxylic acids is 1. The van der Waals surface area contributed by atoms with E-state index in [2.05, 4.69) is 10.6 Å². The molecule has 0 spiro atoms. The molecule has 9 heteroatoms. The predicted molar refractivity (Wildman–Crippen MR) is 130 cm³/mol. The number of carboxylic acids is 1. The van der Waals surface area contributed by atoms with Crippen molar-refractivity contribution in [2.75, 3.05) is 19.7 Å². The number of amides is 2. The lowest BCUT2D eigenvalue weighted by atomic mass is 9.87. The number of carbonyl (C=O) groups excluding carboxylic acids is 2. The van der Waals surface area contributed by atoms with Crippen LogP contribution in [-0.2, 0) is 4.79 Å². The zero-order chi connectivity index (χ0) is 25.5. The lowest BCUT2D eigenvalue weighted by Crippen LogP contribution is -2.34. The zero-order valence-electron chi connectivity index (χ0n) is 20.0. The third kappa shape index (κ3) is 7.19. The molecule has 2 aliphatic carbocycles. The van der Waals surface area contributed by atoms with Crippen molar-refractivity contribution in [1.29, 1.82) is 0 Å². The number of hydrogen-bond acceptors (Lipinski definition) is 5. The Bertz CT molecular complexity index is 1080. The van der Waals surface area contributed by atoms with Crippen molar-refractivity contribution in [3.63, 3.8) is 0 Å². The van der Waals surface area contributed by atoms with E-state index >= 15 is 0 Å². The topological polar surface area (TPSA) is 114 Å². The van der Waals surface area contributed by atoms with Crippen molar-refractivity contribution in [1.82, 2.24) is 10.6 Å². The van der Waals surface area contributed by atoms with E-state index in [1.54, 1.807) is 24.3 Å². The maximum Gasteiger partial charge on any atom is 0.306 e. The average molecular weight is 499 g/mol. The van der Waals surface area contributed by atoms with Gasteiger partial charge in [0.15, 0.2) is 11.6 Å². The molecule has 2 aliphatic rings. The molecular weight excluding hydrogens is 467 g/mol. The molecule has 192 valence electrons. The van der Waals surface area contributed by atoms with E-state index in [1.807, 2.05) is 0 Å². The molecule has 2 fully saturated rings. The summed E-state index contributed by atoms with van der Waals surface area (Å²) >= 11 is 0. The summed E-state index contributed by atoms with van der Waals surface area (Å²) in [6, 6.07) is 10.8. The number of carbonyl (C=O) groups is 3. The summed E-state index contributed by atoms with van der Waals surface area (Å²) < 4.78 is 25.3. The Labute approximate surface area is 209 Å². The first-order valence-corrected chi connectivity index (χ1v) is 12.4. The molecule has 0 radical (unpaired) electrons. The highest BCUT2D eigenvalue weighted by atomic mass is 19.1. The second-order valence-electron chi connectivity index (χ2n) is 9.37. The van der Waals surface area contributed by atoms with E-state index in [4.69, 9.17) is 14.6 Å². The molecule has 2 amide bonds. The van der Waals surface area contributed by atoms with Gasteiger partial charge >= 0.3 is 5.97 Å². The van der Waals surface area contributed by atoms with E-state index in [0.29, 0.717) is 55.1 Å². The van der Waals surface area contributed by atoms with E-state index in [-0.39, 0.29) is 42.7 Å². The SMILES string of the molecule is O=C(NCCNC(=O)c1ccc(F)c(OCC2CC2)c1)c1ccc(OC2CCC(C(=O)O)CC2)cc1. The molecule has 2 aromatic rings. The van der Waals surface area contributed by atoms with Crippen LogP contribution in [0, 0.1) is 17.7 Å². The molecule has 0 bridgehead atoms. The molecule has 3 N–H and O–H groups in total. The Morgan fingerprint density at radius 3 is 2.08 bits per heavy atom. The fourth-order valence-corrected chi connectivity index (χ4v) is 4.11. The summed E-state index contributed by atoms with van der Waals surface area (Å²) in [4.78, 5) is 35.8. The largest absolute Gasteiger partial charge is 0.490 e. The van der Waals surface area contributed by atoms with Gasteiger partial charge in [0.05, 0.1) is 18.6 Å². The van der Waals surface area contributed by atoms with Crippen LogP contribution in [0.3, 0.4) is 0 Å². The fourth-order valence-electron chi connectivity index (χ4n) is 4.11. The number of carboxylic acid groups (broad SMARTS) is 1. The number of ether oxygens (including phenoxy) is 2. The van der Waals surface area contributed by atoms with Crippen molar-refractivity contribution in [3.8, 4) is 11.5 Å². The maximum atomic E-state index is 13.9. The maximum absolute atomic E-state index is 13.9. The number of halogens is 1. The standard InChI is InChI=1S/C27H31FN2O6/c28-23-12-7-20(15-24(23)35-16-17-1-2-17)26(32)30-14-13-29-25(31)18-3-8-21(9-4-18)36-22-10-5-19(6-11-22)27(33)34/h3-4,7-9,12,15,17,19,22H,1-2,5-6,10-11,13-14,16H2,(H,29,31)(H,30,32)(H,33,34). The van der Waals surface area contributed by atoms with Crippen LogP contribution in [0.1, 0.15) is 59.2 Å². The van der Waals surface area contributed by atoms with Gasteiger partial charge in [-0.2, -0.15) is 0 Å². The smallest absolute Gasteiger partial charge is 0.306 e. The Hall–Kier alpha value is -3.62. The minimum atomic E-state index is -0.748. The summed E-state index contributed by atoms with van der Waals surface area (Å²) in [6.45, 7) is 0.886. The Balaban J connectivity index is 1.17. The van der Waals surface area contributed by atoms with E-state index < -0.39 is 11.8 Å². The molecule has 8 nitrogen and oxygen atoms in total. The summed E-state index contributed by atoms with van der Waals surface area (Å²) in [5.74, 6) is -1.02. The first-order valence-electron chi connectivity index (χ1n) is 12.4. The van der Waals surface area contributed by atoms with Gasteiger partial charge in [0, 0.05) is 24.2 Å². The fraction of sp³-hybridized carbons (Fsp3) is 0.444. The van der Waals surface area contributed by atoms with E-state index in [0.717, 1.165) is 12.8 Å². The van der Waals surface area contributed by atoms with Crippen molar-refractivity contribution < 1.29 is 33.4 Å². The van der Waals surface area contributed by atoms with Gasteiger partial charge in [0.25, 0.3) is 11.8 Å². The molecule has 36 heavy (non-hydrogen) atoms. The van der Waals surface area contributed by atoms with Gasteiger partial charge in [-0.1, -0.05) is 0 Å². The van der Waals surface area contributed by atoms with Gasteiger partial charge in [0.2, 0.25) is 0 Å². The minimum absolute atomic E-state index is 0.0224. The molecule has 0 saturated heterocycles. The van der Waals surface area contributed by atoms with Crippen LogP contribution >= 0.6 is 0 Å². The van der Waals surface area contributed by atoms with Gasteiger partial charge in [-0.3, -0.25) is 14.4 Å². The third-order valence-corrected chi connectivity index (χ3v) is 6.50.